The predicted molar refractivity (Wildman–Crippen MR) is 245 cm³/mol. The van der Waals surface area contributed by atoms with Gasteiger partial charge in [0.15, 0.2) is 0 Å². The average molecular weight is 855 g/mol. The Labute approximate surface area is 367 Å². The Morgan fingerprint density at radius 1 is 0.967 bits per heavy atom. The first-order valence-electron chi connectivity index (χ1n) is 22.1. The fourth-order valence-corrected chi connectivity index (χ4v) is 9.31. The molecule has 61 heavy (non-hydrogen) atoms. The maximum atomic E-state index is 11.9. The molecule has 0 spiro atoms. The third-order valence-electron chi connectivity index (χ3n) is 11.9. The van der Waals surface area contributed by atoms with E-state index in [1.54, 1.807) is 25.1 Å². The van der Waals surface area contributed by atoms with E-state index in [9.17, 15) is 19.2 Å². The van der Waals surface area contributed by atoms with E-state index >= 15 is 0 Å². The van der Waals surface area contributed by atoms with E-state index in [1.165, 1.54) is 23.8 Å². The van der Waals surface area contributed by atoms with E-state index in [4.69, 9.17) is 9.72 Å². The number of amides is 1. The van der Waals surface area contributed by atoms with Crippen LogP contribution in [0.1, 0.15) is 105 Å². The highest BCUT2D eigenvalue weighted by molar-refractivity contribution is 7.97. The number of anilines is 2. The van der Waals surface area contributed by atoms with Gasteiger partial charge < -0.3 is 25.1 Å². The van der Waals surface area contributed by atoms with Crippen molar-refractivity contribution in [3.63, 3.8) is 0 Å². The second kappa shape index (κ2) is 24.7. The molecule has 2 aliphatic heterocycles. The molecule has 3 aliphatic rings. The number of allylic oxidation sites excluding steroid dienone is 1. The van der Waals surface area contributed by atoms with Crippen LogP contribution in [-0.2, 0) is 27.5 Å². The first-order chi connectivity index (χ1) is 29.7. The molecule has 3 heterocycles. The van der Waals surface area contributed by atoms with Gasteiger partial charge in [-0.15, -0.1) is 0 Å². The van der Waals surface area contributed by atoms with Crippen molar-refractivity contribution < 1.29 is 23.9 Å². The van der Waals surface area contributed by atoms with Crippen molar-refractivity contribution >= 4 is 54.6 Å². The fourth-order valence-electron chi connectivity index (χ4n) is 8.31. The van der Waals surface area contributed by atoms with Crippen LogP contribution in [0.3, 0.4) is 0 Å². The number of hydrogen-bond acceptors (Lipinski definition) is 13. The molecule has 2 saturated heterocycles. The number of benzene rings is 2. The summed E-state index contributed by atoms with van der Waals surface area (Å²) in [5.74, 6) is 2.30. The van der Waals surface area contributed by atoms with Gasteiger partial charge in [0.1, 0.15) is 36.5 Å². The minimum Gasteiger partial charge on any atom is -0.490 e. The summed E-state index contributed by atoms with van der Waals surface area (Å²) in [6.07, 6.45) is 17.1. The molecule has 1 aliphatic carbocycles. The summed E-state index contributed by atoms with van der Waals surface area (Å²) < 4.78 is 8.94. The molecule has 330 valence electrons. The van der Waals surface area contributed by atoms with Crippen molar-refractivity contribution in [1.82, 2.24) is 29.4 Å². The van der Waals surface area contributed by atoms with Gasteiger partial charge in [0, 0.05) is 94.1 Å². The molecular weight excluding hydrogens is 789 g/mol. The first kappa shape index (κ1) is 47.4. The molecule has 1 saturated carbocycles. The Bertz CT molecular complexity index is 1890. The smallest absolute Gasteiger partial charge is 0.224 e. The number of nitrogens with zero attached hydrogens (tertiary/aromatic N) is 6. The van der Waals surface area contributed by atoms with Crippen LogP contribution in [-0.4, -0.2) is 120 Å². The standard InChI is InChI=1S/C45H60N8O5S.C2H6/c1-46-43(57)16-15-39(32-56)50(2)30-36-26-33(13-14-35(36)31-55)29-52-21-19-40(20-22-52)58-41-11-6-12-42(27-41)59-53-23-17-37(18-24-53)48-45-47-28-34(8-7-25-54)44(49-45)51(3)38-9-4-5-10-38;1-2/h6-8,11-14,25-28,31-32,37-40H,4-5,9-10,15-24,29-30H2,1-3H3,(H,46,57)(H,47,48,49);1-2H3/b8-7-;. The summed E-state index contributed by atoms with van der Waals surface area (Å²) in [4.78, 5) is 63.8. The molecule has 3 aromatic rings. The van der Waals surface area contributed by atoms with Crippen molar-refractivity contribution in [3.05, 3.63) is 77.0 Å². The lowest BCUT2D eigenvalue weighted by atomic mass is 10.0. The number of likely N-dealkylation sites (tertiary alicyclic amines) is 1. The second-order valence-corrected chi connectivity index (χ2v) is 17.2. The monoisotopic (exact) mass is 854 g/mol. The molecule has 6 rings (SSSR count). The van der Waals surface area contributed by atoms with Crippen LogP contribution >= 0.6 is 11.9 Å². The van der Waals surface area contributed by atoms with Crippen LogP contribution in [0.15, 0.2) is 59.6 Å². The Morgan fingerprint density at radius 3 is 2.41 bits per heavy atom. The van der Waals surface area contributed by atoms with Gasteiger partial charge in [-0.05, 0) is 105 Å². The molecule has 0 radical (unpaired) electrons. The van der Waals surface area contributed by atoms with Crippen LogP contribution in [0.25, 0.3) is 6.08 Å². The van der Waals surface area contributed by atoms with E-state index < -0.39 is 6.04 Å². The number of rotatable bonds is 20. The van der Waals surface area contributed by atoms with Crippen LogP contribution in [0.4, 0.5) is 11.8 Å². The summed E-state index contributed by atoms with van der Waals surface area (Å²) >= 11 is 1.78. The highest BCUT2D eigenvalue weighted by Crippen LogP contribution is 2.32. The maximum absolute atomic E-state index is 11.9. The zero-order valence-corrected chi connectivity index (χ0v) is 37.6. The molecule has 1 aromatic heterocycles. The van der Waals surface area contributed by atoms with Crippen LogP contribution in [0.2, 0.25) is 0 Å². The highest BCUT2D eigenvalue weighted by atomic mass is 32.2. The summed E-state index contributed by atoms with van der Waals surface area (Å²) in [5.41, 5.74) is 3.47. The lowest BCUT2D eigenvalue weighted by molar-refractivity contribution is -0.121. The minimum absolute atomic E-state index is 0.0992. The van der Waals surface area contributed by atoms with E-state index in [-0.39, 0.29) is 24.5 Å². The Morgan fingerprint density at radius 2 is 1.72 bits per heavy atom. The van der Waals surface area contributed by atoms with Gasteiger partial charge >= 0.3 is 0 Å². The molecule has 1 amide bonds. The zero-order chi connectivity index (χ0) is 43.6. The van der Waals surface area contributed by atoms with Gasteiger partial charge in [-0.25, -0.2) is 9.29 Å². The highest BCUT2D eigenvalue weighted by Gasteiger charge is 2.26. The first-order valence-corrected chi connectivity index (χ1v) is 22.9. The molecule has 13 nitrogen and oxygen atoms in total. The second-order valence-electron chi connectivity index (χ2n) is 16.0. The third kappa shape index (κ3) is 14.2. The molecule has 0 bridgehead atoms. The maximum Gasteiger partial charge on any atom is 0.224 e. The average Bonchev–Trinajstić information content (AvgIpc) is 3.84. The molecule has 2 N–H and O–H groups in total. The van der Waals surface area contributed by atoms with Gasteiger partial charge in [0.05, 0.1) is 6.04 Å². The van der Waals surface area contributed by atoms with E-state index in [1.807, 2.05) is 50.2 Å². The fraction of sp³-hybridized carbons (Fsp3) is 0.532. The van der Waals surface area contributed by atoms with E-state index in [0.29, 0.717) is 30.5 Å². The molecule has 3 fully saturated rings. The number of hydrogen-bond donors (Lipinski definition) is 2. The summed E-state index contributed by atoms with van der Waals surface area (Å²) in [7, 11) is 5.54. The van der Waals surface area contributed by atoms with Crippen molar-refractivity contribution in [2.45, 2.75) is 120 Å². The summed E-state index contributed by atoms with van der Waals surface area (Å²) in [5, 5.41) is 6.20. The normalized spacial score (nSPS) is 17.4. The number of likely N-dealkylation sites (N-methyl/N-ethyl adjacent to an activating group) is 1. The van der Waals surface area contributed by atoms with Gasteiger partial charge in [-0.2, -0.15) is 4.98 Å². The Kier molecular flexibility index (Phi) is 19.2. The van der Waals surface area contributed by atoms with Crippen molar-refractivity contribution in [2.24, 2.45) is 0 Å². The number of ether oxygens (including phenoxy) is 1. The zero-order valence-electron chi connectivity index (χ0n) is 36.8. The molecule has 1 unspecified atom stereocenters. The van der Waals surface area contributed by atoms with Gasteiger partial charge in [-0.3, -0.25) is 24.2 Å². The van der Waals surface area contributed by atoms with Crippen molar-refractivity contribution in [3.8, 4) is 5.75 Å². The van der Waals surface area contributed by atoms with Crippen molar-refractivity contribution in [2.75, 3.05) is 57.5 Å². The molecule has 2 aromatic carbocycles. The number of piperidine rings is 2. The number of aromatic nitrogens is 2. The molecular formula is C47H66N8O5S. The van der Waals surface area contributed by atoms with E-state index in [0.717, 1.165) is 118 Å². The lowest BCUT2D eigenvalue weighted by Crippen LogP contribution is -2.38. The largest absolute Gasteiger partial charge is 0.490 e. The number of carbonyl (C=O) groups is 4. The Balaban J connectivity index is 0.00000347. The molecule has 14 heteroatoms. The van der Waals surface area contributed by atoms with Crippen LogP contribution in [0, 0.1) is 0 Å². The van der Waals surface area contributed by atoms with Gasteiger partial charge in [0.25, 0.3) is 0 Å². The summed E-state index contributed by atoms with van der Waals surface area (Å²) in [6.45, 7) is 8.90. The lowest BCUT2D eigenvalue weighted by Gasteiger charge is -2.33. The van der Waals surface area contributed by atoms with Crippen LogP contribution in [0.5, 0.6) is 5.75 Å². The predicted octanol–water partition coefficient (Wildman–Crippen LogP) is 7.06. The summed E-state index contributed by atoms with van der Waals surface area (Å²) in [6, 6.07) is 14.7. The number of carbonyl (C=O) groups excluding carboxylic acids is 4. The number of aldehydes is 3. The van der Waals surface area contributed by atoms with Gasteiger partial charge in [-0.1, -0.05) is 51.0 Å². The quantitative estimate of drug-likeness (QED) is 0.0682. The van der Waals surface area contributed by atoms with Crippen molar-refractivity contribution in [1.29, 1.82) is 0 Å². The number of nitrogens with one attached hydrogen (secondary N) is 2. The topological polar surface area (TPSA) is 140 Å². The Hall–Kier alpha value is -4.63. The van der Waals surface area contributed by atoms with Crippen LogP contribution < -0.4 is 20.3 Å². The van der Waals surface area contributed by atoms with Gasteiger partial charge in [0.2, 0.25) is 11.9 Å². The van der Waals surface area contributed by atoms with E-state index in [2.05, 4.69) is 61.0 Å². The molecule has 1 atom stereocenters. The minimum atomic E-state index is -0.414. The third-order valence-corrected chi connectivity index (χ3v) is 12.9. The SMILES string of the molecule is CC.CNC(=O)CCC(C=O)N(C)Cc1cc(CN2CCC(Oc3cccc(SN4CCC(Nc5ncc(/C=C\C=O)c(N(C)C6CCCC6)n5)CC4)c3)CC2)ccc1C=O.